The number of fused-ring (bicyclic) bond motifs is 1. The minimum absolute atomic E-state index is 0.209. The van der Waals surface area contributed by atoms with Gasteiger partial charge < -0.3 is 25.7 Å². The molecule has 2 aromatic heterocycles. The number of anilines is 1. The van der Waals surface area contributed by atoms with Gasteiger partial charge in [0.05, 0.1) is 6.61 Å². The van der Waals surface area contributed by atoms with Crippen molar-refractivity contribution in [3.05, 3.63) is 10.5 Å². The molecule has 4 N–H and O–H groups in total. The van der Waals surface area contributed by atoms with Gasteiger partial charge in [-0.3, -0.25) is 4.57 Å². The van der Waals surface area contributed by atoms with Crippen LogP contribution in [0.5, 0.6) is 6.01 Å². The number of unbranched alkanes of at least 4 members (excludes halogenated alkanes) is 2. The van der Waals surface area contributed by atoms with Crippen molar-refractivity contribution in [3.63, 3.8) is 0 Å². The number of hydrogen-bond donors (Lipinski definition) is 3. The summed E-state index contributed by atoms with van der Waals surface area (Å²) < 4.78 is 7.26. The molecule has 1 saturated heterocycles. The minimum atomic E-state index is -0.209. The van der Waals surface area contributed by atoms with Gasteiger partial charge in [-0.05, 0) is 64.8 Å². The molecule has 2 aromatic rings. The van der Waals surface area contributed by atoms with E-state index >= 15 is 0 Å². The molecule has 3 rings (SSSR count). The number of nitrogens with one attached hydrogen (secondary N) is 2. The number of hydrogen-bond acceptors (Lipinski definition) is 7. The molecule has 0 amide bonds. The largest absolute Gasteiger partial charge is 0.463 e. The van der Waals surface area contributed by atoms with Crippen LogP contribution in [0.25, 0.3) is 11.2 Å². The standard InChI is InChI=1S/C21H37N7O2/c1-2-3-7-16-30-20-25-18(22)17-19(26-20)28(21(29)24-17)15-9-11-23-10-8-14-27-12-5-4-6-13-27/h23H,2-16H2,1H3,(H,24,29)(H2,22,25,26). The van der Waals surface area contributed by atoms with E-state index in [2.05, 4.69) is 32.1 Å². The molecule has 0 aliphatic carbocycles. The Balaban J connectivity index is 1.45. The Labute approximate surface area is 178 Å². The van der Waals surface area contributed by atoms with E-state index < -0.39 is 0 Å². The molecule has 30 heavy (non-hydrogen) atoms. The van der Waals surface area contributed by atoms with Gasteiger partial charge in [-0.1, -0.05) is 26.2 Å². The quantitative estimate of drug-likeness (QED) is 0.426. The highest BCUT2D eigenvalue weighted by Crippen LogP contribution is 2.18. The summed E-state index contributed by atoms with van der Waals surface area (Å²) in [7, 11) is 0. The van der Waals surface area contributed by atoms with Crippen molar-refractivity contribution in [1.29, 1.82) is 0 Å². The van der Waals surface area contributed by atoms with E-state index in [0.29, 0.717) is 24.3 Å². The van der Waals surface area contributed by atoms with Gasteiger partial charge in [0.15, 0.2) is 11.5 Å². The minimum Gasteiger partial charge on any atom is -0.463 e. The number of nitrogens with zero attached hydrogens (tertiary/aromatic N) is 4. The number of aryl methyl sites for hydroxylation is 1. The van der Waals surface area contributed by atoms with Crippen LogP contribution in [0, 0.1) is 0 Å². The fourth-order valence-electron chi connectivity index (χ4n) is 3.92. The molecule has 1 aliphatic heterocycles. The maximum absolute atomic E-state index is 12.4. The summed E-state index contributed by atoms with van der Waals surface area (Å²) in [4.78, 5) is 26.3. The lowest BCUT2D eigenvalue weighted by Crippen LogP contribution is -2.32. The molecule has 0 unspecified atom stereocenters. The van der Waals surface area contributed by atoms with Crippen molar-refractivity contribution in [1.82, 2.24) is 29.7 Å². The van der Waals surface area contributed by atoms with Crippen molar-refractivity contribution >= 4 is 17.0 Å². The first-order valence-corrected chi connectivity index (χ1v) is 11.5. The summed E-state index contributed by atoms with van der Waals surface area (Å²) >= 11 is 0. The van der Waals surface area contributed by atoms with Crippen LogP contribution in [0.2, 0.25) is 0 Å². The normalized spacial score (nSPS) is 15.1. The van der Waals surface area contributed by atoms with E-state index in [-0.39, 0.29) is 17.5 Å². The van der Waals surface area contributed by atoms with Gasteiger partial charge in [-0.2, -0.15) is 9.97 Å². The summed E-state index contributed by atoms with van der Waals surface area (Å²) in [6.07, 6.45) is 9.22. The Morgan fingerprint density at radius 2 is 1.83 bits per heavy atom. The molecule has 168 valence electrons. The van der Waals surface area contributed by atoms with Crippen LogP contribution in [-0.4, -0.2) is 63.7 Å². The Bertz CT molecular complexity index is 827. The SMILES string of the molecule is CCCCCOc1nc(N)c2[nH]c(=O)n(CCCNCCCN3CCCCC3)c2n1. The fraction of sp³-hybridized carbons (Fsp3) is 0.762. The number of H-pyrrole nitrogens is 1. The number of likely N-dealkylation sites (tertiary alicyclic amines) is 1. The Morgan fingerprint density at radius 3 is 2.60 bits per heavy atom. The van der Waals surface area contributed by atoms with E-state index in [0.717, 1.165) is 45.2 Å². The summed E-state index contributed by atoms with van der Waals surface area (Å²) in [6, 6.07) is 0.236. The topological polar surface area (TPSA) is 114 Å². The molecule has 9 heteroatoms. The van der Waals surface area contributed by atoms with Crippen LogP contribution in [0.4, 0.5) is 5.82 Å². The molecule has 0 saturated carbocycles. The number of ether oxygens (including phenoxy) is 1. The highest BCUT2D eigenvalue weighted by molar-refractivity contribution is 5.81. The lowest BCUT2D eigenvalue weighted by Gasteiger charge is -2.26. The molecule has 9 nitrogen and oxygen atoms in total. The number of rotatable bonds is 13. The molecule has 0 bridgehead atoms. The molecule has 1 fully saturated rings. The van der Waals surface area contributed by atoms with Gasteiger partial charge in [0, 0.05) is 6.54 Å². The third kappa shape index (κ3) is 6.43. The first-order valence-electron chi connectivity index (χ1n) is 11.5. The zero-order valence-electron chi connectivity index (χ0n) is 18.3. The highest BCUT2D eigenvalue weighted by Gasteiger charge is 2.14. The average Bonchev–Trinajstić information content (AvgIpc) is 3.07. The second-order valence-electron chi connectivity index (χ2n) is 8.09. The summed E-state index contributed by atoms with van der Waals surface area (Å²) in [6.45, 7) is 8.80. The van der Waals surface area contributed by atoms with Gasteiger partial charge in [0.2, 0.25) is 0 Å². The second kappa shape index (κ2) is 11.9. The van der Waals surface area contributed by atoms with Gasteiger partial charge in [0.1, 0.15) is 5.52 Å². The molecular formula is C21H37N7O2. The number of imidazole rings is 1. The number of aromatic amines is 1. The fourth-order valence-corrected chi connectivity index (χ4v) is 3.92. The number of nitrogen functional groups attached to an aromatic ring is 1. The van der Waals surface area contributed by atoms with Gasteiger partial charge >= 0.3 is 11.7 Å². The zero-order valence-corrected chi connectivity index (χ0v) is 18.3. The number of aromatic nitrogens is 4. The molecular weight excluding hydrogens is 382 g/mol. The molecule has 0 aromatic carbocycles. The molecule has 0 atom stereocenters. The monoisotopic (exact) mass is 419 g/mol. The van der Waals surface area contributed by atoms with Crippen molar-refractivity contribution in [2.45, 2.75) is 64.8 Å². The van der Waals surface area contributed by atoms with Gasteiger partial charge in [-0.15, -0.1) is 0 Å². The number of piperidine rings is 1. The Morgan fingerprint density at radius 1 is 1.07 bits per heavy atom. The summed E-state index contributed by atoms with van der Waals surface area (Å²) in [5.41, 5.74) is 6.80. The third-order valence-corrected chi connectivity index (χ3v) is 5.62. The van der Waals surface area contributed by atoms with E-state index in [9.17, 15) is 4.79 Å². The first-order chi connectivity index (χ1) is 14.7. The average molecular weight is 420 g/mol. The van der Waals surface area contributed by atoms with Gasteiger partial charge in [-0.25, -0.2) is 4.79 Å². The molecule has 3 heterocycles. The van der Waals surface area contributed by atoms with Crippen LogP contribution in [-0.2, 0) is 6.54 Å². The summed E-state index contributed by atoms with van der Waals surface area (Å²) in [5, 5.41) is 3.48. The van der Waals surface area contributed by atoms with Crippen LogP contribution < -0.4 is 21.5 Å². The predicted molar refractivity (Wildman–Crippen MR) is 120 cm³/mol. The van der Waals surface area contributed by atoms with E-state index in [1.54, 1.807) is 4.57 Å². The maximum atomic E-state index is 12.4. The van der Waals surface area contributed by atoms with Crippen LogP contribution >= 0.6 is 0 Å². The van der Waals surface area contributed by atoms with Crippen molar-refractivity contribution in [2.75, 3.05) is 45.1 Å². The zero-order chi connectivity index (χ0) is 21.2. The molecule has 0 spiro atoms. The molecule has 1 aliphatic rings. The van der Waals surface area contributed by atoms with Crippen LogP contribution in [0.3, 0.4) is 0 Å². The van der Waals surface area contributed by atoms with Crippen molar-refractivity contribution in [3.8, 4) is 6.01 Å². The second-order valence-corrected chi connectivity index (χ2v) is 8.09. The first kappa shape index (κ1) is 22.6. The molecule has 0 radical (unpaired) electrons. The lowest BCUT2D eigenvalue weighted by atomic mass is 10.1. The highest BCUT2D eigenvalue weighted by atomic mass is 16.5. The maximum Gasteiger partial charge on any atom is 0.327 e. The van der Waals surface area contributed by atoms with Crippen molar-refractivity contribution in [2.24, 2.45) is 0 Å². The Hall–Kier alpha value is -2.13. The lowest BCUT2D eigenvalue weighted by molar-refractivity contribution is 0.226. The van der Waals surface area contributed by atoms with Crippen LogP contribution in [0.15, 0.2) is 4.79 Å². The summed E-state index contributed by atoms with van der Waals surface area (Å²) in [5.74, 6) is 0.247. The smallest absolute Gasteiger partial charge is 0.327 e. The number of nitrogens with two attached hydrogens (primary N) is 1. The van der Waals surface area contributed by atoms with Gasteiger partial charge in [0.25, 0.3) is 0 Å². The van der Waals surface area contributed by atoms with E-state index in [4.69, 9.17) is 10.5 Å². The Kier molecular flexibility index (Phi) is 8.95. The van der Waals surface area contributed by atoms with E-state index in [1.807, 2.05) is 0 Å². The third-order valence-electron chi connectivity index (χ3n) is 5.62. The van der Waals surface area contributed by atoms with E-state index in [1.165, 1.54) is 38.9 Å². The van der Waals surface area contributed by atoms with Crippen LogP contribution in [0.1, 0.15) is 58.3 Å². The predicted octanol–water partition coefficient (Wildman–Crippen LogP) is 2.13. The van der Waals surface area contributed by atoms with Crippen molar-refractivity contribution < 1.29 is 4.74 Å².